The van der Waals surface area contributed by atoms with Crippen LogP contribution in [0.4, 0.5) is 4.39 Å². The Labute approximate surface area is 124 Å². The third-order valence-electron chi connectivity index (χ3n) is 2.84. The van der Waals surface area contributed by atoms with E-state index < -0.39 is 0 Å². The van der Waals surface area contributed by atoms with Crippen LogP contribution in [0.2, 0.25) is 0 Å². The standard InChI is InChI=1S/C16H21FN2O2/c1-4-19(16(21)9-12(2)3)11-15(20)18-10-13-5-7-14(17)8-6-13/h5-9H,4,10-11H2,1-3H3,(H,18,20). The summed E-state index contributed by atoms with van der Waals surface area (Å²) in [7, 11) is 0. The SMILES string of the molecule is CCN(CC(=O)NCc1ccc(F)cc1)C(=O)C=C(C)C. The molecule has 21 heavy (non-hydrogen) atoms. The minimum absolute atomic E-state index is 0.0142. The number of hydrogen-bond acceptors (Lipinski definition) is 2. The Balaban J connectivity index is 2.49. The van der Waals surface area contributed by atoms with E-state index in [1.165, 1.54) is 23.1 Å². The van der Waals surface area contributed by atoms with Gasteiger partial charge in [-0.1, -0.05) is 17.7 Å². The molecule has 0 aliphatic carbocycles. The van der Waals surface area contributed by atoms with E-state index in [0.717, 1.165) is 11.1 Å². The Kier molecular flexibility index (Phi) is 6.59. The van der Waals surface area contributed by atoms with Crippen molar-refractivity contribution >= 4 is 11.8 Å². The van der Waals surface area contributed by atoms with Crippen molar-refractivity contribution in [3.05, 3.63) is 47.3 Å². The first-order chi connectivity index (χ1) is 9.92. The highest BCUT2D eigenvalue weighted by Crippen LogP contribution is 2.02. The lowest BCUT2D eigenvalue weighted by atomic mass is 10.2. The summed E-state index contributed by atoms with van der Waals surface area (Å²) >= 11 is 0. The fourth-order valence-electron chi connectivity index (χ4n) is 1.72. The van der Waals surface area contributed by atoms with E-state index >= 15 is 0 Å². The molecule has 0 saturated carbocycles. The number of nitrogens with zero attached hydrogens (tertiary/aromatic N) is 1. The van der Waals surface area contributed by atoms with Gasteiger partial charge in [0.2, 0.25) is 11.8 Å². The van der Waals surface area contributed by atoms with Gasteiger partial charge in [0.05, 0.1) is 6.54 Å². The Bertz CT molecular complexity index is 520. The van der Waals surface area contributed by atoms with Gasteiger partial charge in [0.15, 0.2) is 0 Å². The summed E-state index contributed by atoms with van der Waals surface area (Å²) < 4.78 is 12.8. The molecule has 0 fully saturated rings. The highest BCUT2D eigenvalue weighted by atomic mass is 19.1. The fourth-order valence-corrected chi connectivity index (χ4v) is 1.72. The molecule has 0 radical (unpaired) electrons. The largest absolute Gasteiger partial charge is 0.350 e. The van der Waals surface area contributed by atoms with Crippen LogP contribution < -0.4 is 5.32 Å². The van der Waals surface area contributed by atoms with Crippen molar-refractivity contribution in [3.8, 4) is 0 Å². The Hall–Kier alpha value is -2.17. The van der Waals surface area contributed by atoms with Crippen LogP contribution in [0.3, 0.4) is 0 Å². The summed E-state index contributed by atoms with van der Waals surface area (Å²) in [5.41, 5.74) is 1.70. The van der Waals surface area contributed by atoms with E-state index in [1.54, 1.807) is 12.1 Å². The van der Waals surface area contributed by atoms with Gasteiger partial charge < -0.3 is 10.2 Å². The fraction of sp³-hybridized carbons (Fsp3) is 0.375. The molecule has 1 rings (SSSR count). The molecular weight excluding hydrogens is 271 g/mol. The maximum Gasteiger partial charge on any atom is 0.246 e. The highest BCUT2D eigenvalue weighted by molar-refractivity contribution is 5.91. The average Bonchev–Trinajstić information content (AvgIpc) is 2.43. The van der Waals surface area contributed by atoms with Crippen molar-refractivity contribution in [2.24, 2.45) is 0 Å². The van der Waals surface area contributed by atoms with Crippen LogP contribution in [-0.2, 0) is 16.1 Å². The number of hydrogen-bond donors (Lipinski definition) is 1. The average molecular weight is 292 g/mol. The molecular formula is C16H21FN2O2. The van der Waals surface area contributed by atoms with Gasteiger partial charge >= 0.3 is 0 Å². The van der Waals surface area contributed by atoms with Gasteiger partial charge in [-0.25, -0.2) is 4.39 Å². The smallest absolute Gasteiger partial charge is 0.246 e. The quantitative estimate of drug-likeness (QED) is 0.818. The number of likely N-dealkylation sites (N-methyl/N-ethyl adjacent to an activating group) is 1. The van der Waals surface area contributed by atoms with Gasteiger partial charge in [-0.05, 0) is 38.5 Å². The van der Waals surface area contributed by atoms with E-state index in [0.29, 0.717) is 13.1 Å². The summed E-state index contributed by atoms with van der Waals surface area (Å²) in [6, 6.07) is 5.92. The number of carbonyl (C=O) groups is 2. The van der Waals surface area contributed by atoms with Gasteiger partial charge in [-0.2, -0.15) is 0 Å². The zero-order chi connectivity index (χ0) is 15.8. The molecule has 0 bridgehead atoms. The summed E-state index contributed by atoms with van der Waals surface area (Å²) in [6.07, 6.45) is 1.51. The molecule has 2 amide bonds. The first-order valence-corrected chi connectivity index (χ1v) is 6.87. The van der Waals surface area contributed by atoms with Crippen LogP contribution >= 0.6 is 0 Å². The van der Waals surface area contributed by atoms with Gasteiger partial charge in [0.1, 0.15) is 5.82 Å². The van der Waals surface area contributed by atoms with Crippen molar-refractivity contribution in [1.82, 2.24) is 10.2 Å². The molecule has 0 aliphatic heterocycles. The summed E-state index contributed by atoms with van der Waals surface area (Å²) in [4.78, 5) is 25.2. The first kappa shape index (κ1) is 16.9. The Morgan fingerprint density at radius 1 is 1.24 bits per heavy atom. The molecule has 4 nitrogen and oxygen atoms in total. The number of benzene rings is 1. The lowest BCUT2D eigenvalue weighted by Crippen LogP contribution is -2.39. The number of allylic oxidation sites excluding steroid dienone is 1. The number of carbonyl (C=O) groups excluding carboxylic acids is 2. The summed E-state index contributed by atoms with van der Waals surface area (Å²) in [6.45, 7) is 6.28. The second-order valence-corrected chi connectivity index (χ2v) is 4.98. The van der Waals surface area contributed by atoms with E-state index in [4.69, 9.17) is 0 Å². The van der Waals surface area contributed by atoms with E-state index in [1.807, 2.05) is 20.8 Å². The monoisotopic (exact) mass is 292 g/mol. The second kappa shape index (κ2) is 8.19. The predicted molar refractivity (Wildman–Crippen MR) is 79.9 cm³/mol. The molecule has 0 aromatic heterocycles. The summed E-state index contributed by atoms with van der Waals surface area (Å²) in [5.74, 6) is -0.722. The van der Waals surface area contributed by atoms with E-state index in [9.17, 15) is 14.0 Å². The van der Waals surface area contributed by atoms with Crippen molar-refractivity contribution in [2.75, 3.05) is 13.1 Å². The number of rotatable bonds is 6. The minimum atomic E-state index is -0.311. The molecule has 1 aromatic carbocycles. The van der Waals surface area contributed by atoms with Crippen molar-refractivity contribution < 1.29 is 14.0 Å². The molecule has 0 saturated heterocycles. The molecule has 0 spiro atoms. The molecule has 0 heterocycles. The number of nitrogens with one attached hydrogen (secondary N) is 1. The zero-order valence-electron chi connectivity index (χ0n) is 12.6. The van der Waals surface area contributed by atoms with Gasteiger partial charge in [-0.15, -0.1) is 0 Å². The molecule has 1 N–H and O–H groups in total. The van der Waals surface area contributed by atoms with Crippen molar-refractivity contribution in [2.45, 2.75) is 27.3 Å². The van der Waals surface area contributed by atoms with E-state index in [-0.39, 0.29) is 24.2 Å². The second-order valence-electron chi connectivity index (χ2n) is 4.98. The molecule has 0 atom stereocenters. The van der Waals surface area contributed by atoms with Crippen LogP contribution in [0.1, 0.15) is 26.3 Å². The van der Waals surface area contributed by atoms with Crippen molar-refractivity contribution in [1.29, 1.82) is 0 Å². The van der Waals surface area contributed by atoms with Gasteiger partial charge in [0, 0.05) is 19.2 Å². The number of amides is 2. The maximum absolute atomic E-state index is 12.8. The minimum Gasteiger partial charge on any atom is -0.350 e. The highest BCUT2D eigenvalue weighted by Gasteiger charge is 2.13. The van der Waals surface area contributed by atoms with Crippen LogP contribution in [0.5, 0.6) is 0 Å². The topological polar surface area (TPSA) is 49.4 Å². The Morgan fingerprint density at radius 3 is 2.38 bits per heavy atom. The van der Waals surface area contributed by atoms with Crippen LogP contribution in [0.25, 0.3) is 0 Å². The van der Waals surface area contributed by atoms with Crippen molar-refractivity contribution in [3.63, 3.8) is 0 Å². The molecule has 0 unspecified atom stereocenters. The third-order valence-corrected chi connectivity index (χ3v) is 2.84. The van der Waals surface area contributed by atoms with Crippen LogP contribution in [-0.4, -0.2) is 29.8 Å². The molecule has 0 aliphatic rings. The van der Waals surface area contributed by atoms with Gasteiger partial charge in [0.25, 0.3) is 0 Å². The molecule has 1 aromatic rings. The lowest BCUT2D eigenvalue weighted by Gasteiger charge is -2.19. The maximum atomic E-state index is 12.8. The van der Waals surface area contributed by atoms with E-state index in [2.05, 4.69) is 5.32 Å². The molecule has 5 heteroatoms. The summed E-state index contributed by atoms with van der Waals surface area (Å²) in [5, 5.41) is 2.72. The third kappa shape index (κ3) is 6.21. The normalized spacial score (nSPS) is 9.90. The first-order valence-electron chi connectivity index (χ1n) is 6.87. The van der Waals surface area contributed by atoms with Gasteiger partial charge in [-0.3, -0.25) is 9.59 Å². The van der Waals surface area contributed by atoms with Crippen LogP contribution in [0, 0.1) is 5.82 Å². The zero-order valence-corrected chi connectivity index (χ0v) is 12.6. The predicted octanol–water partition coefficient (Wildman–Crippen LogP) is 2.26. The number of halogens is 1. The van der Waals surface area contributed by atoms with Crippen LogP contribution in [0.15, 0.2) is 35.9 Å². The molecule has 114 valence electrons. The Morgan fingerprint density at radius 2 is 1.86 bits per heavy atom. The lowest BCUT2D eigenvalue weighted by molar-refractivity contribution is -0.132.